The zero-order valence-corrected chi connectivity index (χ0v) is 16.4. The third-order valence-corrected chi connectivity index (χ3v) is 5.24. The fourth-order valence-electron chi connectivity index (χ4n) is 3.59. The maximum atomic E-state index is 12.5. The monoisotopic (exact) mass is 386 g/mol. The van der Waals surface area contributed by atoms with Crippen molar-refractivity contribution in [3.05, 3.63) is 34.9 Å². The molecule has 1 aromatic rings. The minimum atomic E-state index is -0.891. The number of ether oxygens (including phenoxy) is 1. The molecule has 0 aliphatic carbocycles. The fourth-order valence-corrected chi connectivity index (χ4v) is 3.59. The Kier molecular flexibility index (Phi) is 6.11. The summed E-state index contributed by atoms with van der Waals surface area (Å²) < 4.78 is 5.33. The van der Waals surface area contributed by atoms with Gasteiger partial charge in [-0.15, -0.1) is 0 Å². The van der Waals surface area contributed by atoms with Crippen molar-refractivity contribution in [1.82, 2.24) is 9.80 Å². The normalized spacial score (nSPS) is 17.5. The van der Waals surface area contributed by atoms with Crippen LogP contribution < -0.4 is 0 Å². The summed E-state index contributed by atoms with van der Waals surface area (Å²) in [4.78, 5) is 52.7. The number of hydrogen-bond acceptors (Lipinski definition) is 5. The van der Waals surface area contributed by atoms with Crippen LogP contribution in [-0.4, -0.2) is 59.2 Å². The summed E-state index contributed by atoms with van der Waals surface area (Å²) in [5, 5.41) is 0. The number of benzene rings is 1. The highest BCUT2D eigenvalue weighted by molar-refractivity contribution is 6.22. The molecule has 3 amide bonds. The minimum Gasteiger partial charge on any atom is -0.449 e. The smallest absolute Gasteiger partial charge is 0.338 e. The van der Waals surface area contributed by atoms with E-state index in [9.17, 15) is 19.2 Å². The average Bonchev–Trinajstić information content (AvgIpc) is 2.96. The first-order chi connectivity index (χ1) is 13.4. The predicted molar refractivity (Wildman–Crippen MR) is 102 cm³/mol. The van der Waals surface area contributed by atoms with Gasteiger partial charge < -0.3 is 9.64 Å². The van der Waals surface area contributed by atoms with E-state index < -0.39 is 12.1 Å². The Balaban J connectivity index is 1.69. The topological polar surface area (TPSA) is 84.0 Å². The molecule has 0 radical (unpaired) electrons. The lowest BCUT2D eigenvalue weighted by Crippen LogP contribution is -2.42. The van der Waals surface area contributed by atoms with Crippen molar-refractivity contribution >= 4 is 23.7 Å². The van der Waals surface area contributed by atoms with Crippen molar-refractivity contribution in [2.75, 3.05) is 19.6 Å². The van der Waals surface area contributed by atoms with Crippen molar-refractivity contribution in [2.24, 2.45) is 0 Å². The first-order valence-corrected chi connectivity index (χ1v) is 9.94. The molecule has 2 heterocycles. The third-order valence-electron chi connectivity index (χ3n) is 5.24. The molecule has 0 bridgehead atoms. The van der Waals surface area contributed by atoms with Gasteiger partial charge in [0.15, 0.2) is 6.10 Å². The highest BCUT2D eigenvalue weighted by atomic mass is 16.5. The van der Waals surface area contributed by atoms with Crippen LogP contribution in [0.3, 0.4) is 0 Å². The van der Waals surface area contributed by atoms with E-state index in [1.807, 2.05) is 6.92 Å². The number of hydrogen-bond donors (Lipinski definition) is 0. The van der Waals surface area contributed by atoms with Crippen LogP contribution in [0.5, 0.6) is 0 Å². The number of esters is 1. The third kappa shape index (κ3) is 3.93. The van der Waals surface area contributed by atoms with Crippen molar-refractivity contribution < 1.29 is 23.9 Å². The Morgan fingerprint density at radius 3 is 2.43 bits per heavy atom. The van der Waals surface area contributed by atoms with Gasteiger partial charge >= 0.3 is 5.97 Å². The molecule has 2 aliphatic rings. The second-order valence-electron chi connectivity index (χ2n) is 7.31. The highest BCUT2D eigenvalue weighted by Crippen LogP contribution is 2.25. The van der Waals surface area contributed by atoms with Crippen LogP contribution in [0.1, 0.15) is 77.0 Å². The van der Waals surface area contributed by atoms with Crippen LogP contribution in [0.2, 0.25) is 0 Å². The highest BCUT2D eigenvalue weighted by Gasteiger charge is 2.36. The van der Waals surface area contributed by atoms with Crippen LogP contribution in [-0.2, 0) is 9.53 Å². The largest absolute Gasteiger partial charge is 0.449 e. The summed E-state index contributed by atoms with van der Waals surface area (Å²) in [5.41, 5.74) is 0.677. The van der Waals surface area contributed by atoms with Gasteiger partial charge in [-0.3, -0.25) is 19.3 Å². The summed E-state index contributed by atoms with van der Waals surface area (Å²) in [6.45, 7) is 5.28. The molecule has 0 aromatic heterocycles. The van der Waals surface area contributed by atoms with Crippen molar-refractivity contribution in [2.45, 2.75) is 52.1 Å². The van der Waals surface area contributed by atoms with Gasteiger partial charge in [0.25, 0.3) is 17.7 Å². The standard InChI is InChI=1S/C21H26N2O5/c1-3-4-12-23-19(25)16-9-8-15(13-17(16)20(23)26)21(27)28-14(2)18(24)22-10-6-5-7-11-22/h8-9,13-14H,3-7,10-12H2,1-2H3/t14-/m0/s1. The lowest BCUT2D eigenvalue weighted by Gasteiger charge is -2.28. The van der Waals surface area contributed by atoms with Gasteiger partial charge in [-0.05, 0) is 50.8 Å². The average molecular weight is 386 g/mol. The first kappa shape index (κ1) is 20.0. The molecule has 3 rings (SSSR count). The molecule has 1 saturated heterocycles. The van der Waals surface area contributed by atoms with Crippen molar-refractivity contribution in [1.29, 1.82) is 0 Å². The van der Waals surface area contributed by atoms with E-state index in [1.54, 1.807) is 11.8 Å². The molecule has 0 N–H and O–H groups in total. The molecule has 7 heteroatoms. The quantitative estimate of drug-likeness (QED) is 0.554. The van der Waals surface area contributed by atoms with Gasteiger partial charge in [-0.1, -0.05) is 13.3 Å². The van der Waals surface area contributed by atoms with E-state index in [1.165, 1.54) is 23.1 Å². The summed E-state index contributed by atoms with van der Waals surface area (Å²) in [6, 6.07) is 4.34. The van der Waals surface area contributed by atoms with E-state index in [-0.39, 0.29) is 28.8 Å². The maximum Gasteiger partial charge on any atom is 0.338 e. The number of nitrogens with zero attached hydrogens (tertiary/aromatic N) is 2. The van der Waals surface area contributed by atoms with E-state index >= 15 is 0 Å². The van der Waals surface area contributed by atoms with Gasteiger partial charge in [0, 0.05) is 19.6 Å². The zero-order chi connectivity index (χ0) is 20.3. The lowest BCUT2D eigenvalue weighted by molar-refractivity contribution is -0.140. The van der Waals surface area contributed by atoms with Crippen LogP contribution in [0.15, 0.2) is 18.2 Å². The number of likely N-dealkylation sites (tertiary alicyclic amines) is 1. The van der Waals surface area contributed by atoms with Gasteiger partial charge in [0.05, 0.1) is 16.7 Å². The van der Waals surface area contributed by atoms with Crippen LogP contribution in [0, 0.1) is 0 Å². The van der Waals surface area contributed by atoms with Gasteiger partial charge in [0.1, 0.15) is 0 Å². The Morgan fingerprint density at radius 2 is 1.75 bits per heavy atom. The molecule has 150 valence electrons. The number of piperidine rings is 1. The maximum absolute atomic E-state index is 12.5. The van der Waals surface area contributed by atoms with E-state index in [4.69, 9.17) is 4.74 Å². The Morgan fingerprint density at radius 1 is 1.07 bits per heavy atom. The molecule has 1 aromatic carbocycles. The number of rotatable bonds is 6. The molecule has 1 fully saturated rings. The van der Waals surface area contributed by atoms with Gasteiger partial charge in [-0.25, -0.2) is 4.79 Å². The zero-order valence-electron chi connectivity index (χ0n) is 16.4. The predicted octanol–water partition coefficient (Wildman–Crippen LogP) is 2.64. The summed E-state index contributed by atoms with van der Waals surface area (Å²) >= 11 is 0. The van der Waals surface area contributed by atoms with E-state index in [2.05, 4.69) is 0 Å². The first-order valence-electron chi connectivity index (χ1n) is 9.94. The molecule has 0 spiro atoms. The van der Waals surface area contributed by atoms with Crippen LogP contribution in [0.4, 0.5) is 0 Å². The van der Waals surface area contributed by atoms with Gasteiger partial charge in [0.2, 0.25) is 0 Å². The summed E-state index contributed by atoms with van der Waals surface area (Å²) in [7, 11) is 0. The minimum absolute atomic E-state index is 0.163. The molecule has 1 atom stereocenters. The Labute approximate surface area is 164 Å². The molecule has 2 aliphatic heterocycles. The molecule has 7 nitrogen and oxygen atoms in total. The van der Waals surface area contributed by atoms with Gasteiger partial charge in [-0.2, -0.15) is 0 Å². The second-order valence-corrected chi connectivity index (χ2v) is 7.31. The second kappa shape index (κ2) is 8.54. The summed E-state index contributed by atoms with van der Waals surface area (Å²) in [6.07, 6.45) is 3.74. The number of unbranched alkanes of at least 4 members (excludes halogenated alkanes) is 1. The molecule has 28 heavy (non-hydrogen) atoms. The fraction of sp³-hybridized carbons (Fsp3) is 0.524. The Bertz CT molecular complexity index is 798. The molecular weight excluding hydrogens is 360 g/mol. The van der Waals surface area contributed by atoms with E-state index in [0.29, 0.717) is 25.2 Å². The number of fused-ring (bicyclic) bond motifs is 1. The summed E-state index contributed by atoms with van der Waals surface area (Å²) in [5.74, 6) is -1.60. The Hall–Kier alpha value is -2.70. The number of carbonyl (C=O) groups excluding carboxylic acids is 4. The number of carbonyl (C=O) groups is 4. The molecule has 0 saturated carbocycles. The SMILES string of the molecule is CCCCN1C(=O)c2ccc(C(=O)O[C@@H](C)C(=O)N3CCCCC3)cc2C1=O. The van der Waals surface area contributed by atoms with Crippen LogP contribution in [0.25, 0.3) is 0 Å². The van der Waals surface area contributed by atoms with Crippen molar-refractivity contribution in [3.8, 4) is 0 Å². The molecule has 0 unspecified atom stereocenters. The van der Waals surface area contributed by atoms with E-state index in [0.717, 1.165) is 32.1 Å². The van der Waals surface area contributed by atoms with Crippen molar-refractivity contribution in [3.63, 3.8) is 0 Å². The number of amides is 3. The molecular formula is C21H26N2O5. The number of imide groups is 1. The lowest BCUT2D eigenvalue weighted by atomic mass is 10.1. The van der Waals surface area contributed by atoms with Crippen LogP contribution >= 0.6 is 0 Å².